The quantitative estimate of drug-likeness (QED) is 0.0410. The molecule has 5 atom stereocenters. The molecule has 2 rings (SSSR count). The molecule has 0 aliphatic carbocycles. The van der Waals surface area contributed by atoms with Gasteiger partial charge in [0.15, 0.2) is 5.96 Å². The number of hydrogen-bond acceptors (Lipinski definition) is 9. The summed E-state index contributed by atoms with van der Waals surface area (Å²) >= 11 is 0. The number of carboxylic acid groups (broad SMARTS) is 1. The minimum absolute atomic E-state index is 0.00647. The van der Waals surface area contributed by atoms with Crippen molar-refractivity contribution in [1.82, 2.24) is 25.8 Å². The van der Waals surface area contributed by atoms with E-state index in [-0.39, 0.29) is 50.7 Å². The van der Waals surface area contributed by atoms with E-state index < -0.39 is 78.2 Å². The number of nitrogens with one attached hydrogen (secondary N) is 3. The first kappa shape index (κ1) is 38.7. The third-order valence-corrected chi connectivity index (χ3v) is 8.02. The molecule has 18 heteroatoms. The fourth-order valence-corrected chi connectivity index (χ4v) is 5.69. The molecule has 12 N–H and O–H groups in total. The zero-order chi connectivity index (χ0) is 35.3. The van der Waals surface area contributed by atoms with Crippen molar-refractivity contribution in [3.8, 4) is 0 Å². The van der Waals surface area contributed by atoms with Crippen molar-refractivity contribution >= 4 is 47.4 Å². The van der Waals surface area contributed by atoms with Crippen LogP contribution in [0.4, 0.5) is 0 Å². The van der Waals surface area contributed by atoms with Gasteiger partial charge in [-0.25, -0.2) is 4.79 Å². The number of rotatable bonds is 18. The summed E-state index contributed by atoms with van der Waals surface area (Å²) < 4.78 is 0. The minimum atomic E-state index is -1.25. The number of carbonyl (C=O) groups is 7. The Bertz CT molecular complexity index is 1190. The average Bonchev–Trinajstić information content (AvgIpc) is 3.69. The third kappa shape index (κ3) is 12.3. The van der Waals surface area contributed by atoms with Gasteiger partial charge in [0.2, 0.25) is 35.4 Å². The van der Waals surface area contributed by atoms with Crippen LogP contribution in [0.3, 0.4) is 0 Å². The highest BCUT2D eigenvalue weighted by Gasteiger charge is 2.41. The molecule has 6 amide bonds. The Kier molecular flexibility index (Phi) is 15.3. The van der Waals surface area contributed by atoms with Gasteiger partial charge in [-0.05, 0) is 57.3 Å². The molecular weight excluding hydrogens is 616 g/mol. The number of nitrogens with zero attached hydrogens (tertiary/aromatic N) is 3. The van der Waals surface area contributed by atoms with Crippen molar-refractivity contribution in [2.24, 2.45) is 33.8 Å². The second kappa shape index (κ2) is 18.6. The Hall–Kier alpha value is -4.48. The lowest BCUT2D eigenvalue weighted by Gasteiger charge is -2.31. The van der Waals surface area contributed by atoms with Gasteiger partial charge in [-0.1, -0.05) is 13.8 Å². The first-order chi connectivity index (χ1) is 22.1. The predicted octanol–water partition coefficient (Wildman–Crippen LogP) is -3.17. The first-order valence-corrected chi connectivity index (χ1v) is 15.9. The molecule has 18 nitrogen and oxygen atoms in total. The third-order valence-electron chi connectivity index (χ3n) is 8.02. The zero-order valence-electron chi connectivity index (χ0n) is 27.1. The Balaban J connectivity index is 2.02. The predicted molar refractivity (Wildman–Crippen MR) is 170 cm³/mol. The Morgan fingerprint density at radius 1 is 0.851 bits per heavy atom. The lowest BCUT2D eigenvalue weighted by Crippen LogP contribution is -2.57. The van der Waals surface area contributed by atoms with E-state index in [9.17, 15) is 38.7 Å². The average molecular weight is 667 g/mol. The molecule has 2 fully saturated rings. The number of likely N-dealkylation sites (tertiary alicyclic amines) is 2. The monoisotopic (exact) mass is 666 g/mol. The molecule has 0 bridgehead atoms. The number of carbonyl (C=O) groups excluding carboxylic acids is 6. The number of primary amides is 1. The molecule has 0 unspecified atom stereocenters. The van der Waals surface area contributed by atoms with Crippen LogP contribution in [0.2, 0.25) is 0 Å². The molecule has 0 spiro atoms. The summed E-state index contributed by atoms with van der Waals surface area (Å²) in [5.41, 5.74) is 21.6. The molecule has 0 aromatic carbocycles. The van der Waals surface area contributed by atoms with E-state index in [2.05, 4.69) is 20.9 Å². The van der Waals surface area contributed by atoms with Crippen LogP contribution in [0.5, 0.6) is 0 Å². The van der Waals surface area contributed by atoms with Crippen LogP contribution in [0.25, 0.3) is 0 Å². The van der Waals surface area contributed by atoms with E-state index in [1.807, 2.05) is 13.8 Å². The van der Waals surface area contributed by atoms with Crippen molar-refractivity contribution in [2.45, 2.75) is 102 Å². The Morgan fingerprint density at radius 3 is 2.00 bits per heavy atom. The summed E-state index contributed by atoms with van der Waals surface area (Å²) in [5.74, 6) is -4.74. The van der Waals surface area contributed by atoms with E-state index >= 15 is 0 Å². The van der Waals surface area contributed by atoms with Crippen molar-refractivity contribution < 1.29 is 38.7 Å². The molecule has 0 radical (unpaired) electrons. The van der Waals surface area contributed by atoms with Crippen LogP contribution < -0.4 is 38.9 Å². The van der Waals surface area contributed by atoms with Gasteiger partial charge < -0.3 is 53.8 Å². The van der Waals surface area contributed by atoms with Crippen molar-refractivity contribution in [1.29, 1.82) is 0 Å². The maximum atomic E-state index is 13.8. The molecule has 0 saturated carbocycles. The molecule has 2 heterocycles. The molecule has 0 aromatic heterocycles. The molecule has 2 aliphatic heterocycles. The topological polar surface area (TPSA) is 299 Å². The number of aliphatic carboxylic acids is 1. The second-order valence-electron chi connectivity index (χ2n) is 12.3. The Labute approximate surface area is 273 Å². The van der Waals surface area contributed by atoms with Crippen LogP contribution in [0.15, 0.2) is 4.99 Å². The van der Waals surface area contributed by atoms with Crippen LogP contribution in [0, 0.1) is 5.92 Å². The molecule has 2 aliphatic rings. The highest BCUT2D eigenvalue weighted by atomic mass is 16.4. The van der Waals surface area contributed by atoms with Crippen LogP contribution in [-0.2, 0) is 33.6 Å². The lowest BCUT2D eigenvalue weighted by atomic mass is 10.0. The van der Waals surface area contributed by atoms with Gasteiger partial charge in [0.25, 0.3) is 0 Å². The number of guanidine groups is 1. The lowest BCUT2D eigenvalue weighted by molar-refractivity contribution is -0.144. The summed E-state index contributed by atoms with van der Waals surface area (Å²) in [6.07, 6.45) is 2.40. The van der Waals surface area contributed by atoms with Gasteiger partial charge in [0.1, 0.15) is 24.2 Å². The van der Waals surface area contributed by atoms with Crippen LogP contribution >= 0.6 is 0 Å². The van der Waals surface area contributed by atoms with E-state index in [1.54, 1.807) is 0 Å². The van der Waals surface area contributed by atoms with Crippen molar-refractivity contribution in [2.75, 3.05) is 26.2 Å². The van der Waals surface area contributed by atoms with Gasteiger partial charge in [0, 0.05) is 26.1 Å². The summed E-state index contributed by atoms with van der Waals surface area (Å²) in [6, 6.07) is -4.93. The number of nitrogens with two attached hydrogens (primary N) is 4. The molecule has 47 heavy (non-hydrogen) atoms. The maximum absolute atomic E-state index is 13.8. The minimum Gasteiger partial charge on any atom is -0.480 e. The second-order valence-corrected chi connectivity index (χ2v) is 12.3. The molecule has 0 aromatic rings. The van der Waals surface area contributed by atoms with Gasteiger partial charge in [-0.3, -0.25) is 33.8 Å². The molecular formula is C29H50N10O8. The normalized spacial score (nSPS) is 19.4. The first-order valence-electron chi connectivity index (χ1n) is 15.9. The van der Waals surface area contributed by atoms with Gasteiger partial charge in [0.05, 0.1) is 12.6 Å². The van der Waals surface area contributed by atoms with Crippen LogP contribution in [-0.4, -0.2) is 119 Å². The molecule has 2 saturated heterocycles. The smallest absolute Gasteiger partial charge is 0.326 e. The van der Waals surface area contributed by atoms with Crippen LogP contribution in [0.1, 0.15) is 71.6 Å². The summed E-state index contributed by atoms with van der Waals surface area (Å²) in [7, 11) is 0. The number of amides is 6. The highest BCUT2D eigenvalue weighted by Crippen LogP contribution is 2.23. The maximum Gasteiger partial charge on any atom is 0.326 e. The summed E-state index contributed by atoms with van der Waals surface area (Å²) in [6.45, 7) is 4.01. The van der Waals surface area contributed by atoms with Gasteiger partial charge in [-0.15, -0.1) is 0 Å². The van der Waals surface area contributed by atoms with Gasteiger partial charge in [-0.2, -0.15) is 0 Å². The number of carboxylic acids is 1. The number of hydrogen-bond donors (Lipinski definition) is 8. The van der Waals surface area contributed by atoms with E-state index in [4.69, 9.17) is 22.9 Å². The summed E-state index contributed by atoms with van der Waals surface area (Å²) in [5, 5.41) is 17.1. The van der Waals surface area contributed by atoms with Crippen molar-refractivity contribution in [3.63, 3.8) is 0 Å². The zero-order valence-corrected chi connectivity index (χ0v) is 27.1. The Morgan fingerprint density at radius 2 is 1.45 bits per heavy atom. The van der Waals surface area contributed by atoms with Gasteiger partial charge >= 0.3 is 5.97 Å². The summed E-state index contributed by atoms with van der Waals surface area (Å²) in [4.78, 5) is 94.9. The van der Waals surface area contributed by atoms with E-state index in [0.29, 0.717) is 38.6 Å². The highest BCUT2D eigenvalue weighted by molar-refractivity contribution is 5.96. The van der Waals surface area contributed by atoms with Crippen molar-refractivity contribution in [3.05, 3.63) is 0 Å². The number of aliphatic imine (C=N–C) groups is 1. The fourth-order valence-electron chi connectivity index (χ4n) is 5.69. The largest absolute Gasteiger partial charge is 0.480 e. The fraction of sp³-hybridized carbons (Fsp3) is 0.724. The van der Waals surface area contributed by atoms with E-state index in [0.717, 1.165) is 0 Å². The standard InChI is InChI=1S/C29H50N10O8/c1-16(2)14-19(37-25(43)21-8-5-12-38(21)26(44)17(30)9-10-22(31)40)27(45)39-13-4-7-20(39)24(42)35-15-23(41)36-18(28(46)47)6-3-11-34-29(32)33/h16-21H,3-15,30H2,1-2H3,(H2,31,40)(H,35,42)(H,36,41)(H,37,43)(H,46,47)(H4,32,33,34)/t17-,18-,19-,20-,21-/m0/s1. The SMILES string of the molecule is CC(C)C[C@H](NC(=O)[C@@H]1CCCN1C(=O)[C@@H](N)CCC(N)=O)C(=O)N1CCC[C@H]1C(=O)NCC(=O)N[C@@H](CCCN=C(N)N)C(=O)O. The van der Waals surface area contributed by atoms with E-state index in [1.165, 1.54) is 9.80 Å². The molecule has 264 valence electrons.